The molecular weight excluding hydrogens is 433 g/mol. The normalized spacial score (nSPS) is 19.9. The summed E-state index contributed by atoms with van der Waals surface area (Å²) in [5.74, 6) is -0.383. The van der Waals surface area contributed by atoms with Crippen molar-refractivity contribution in [1.82, 2.24) is 9.55 Å². The molecule has 1 N–H and O–H groups in total. The Bertz CT molecular complexity index is 911. The number of hydrogen-bond acceptors (Lipinski definition) is 6. The van der Waals surface area contributed by atoms with E-state index in [2.05, 4.69) is 15.0 Å². The number of azide groups is 1. The Morgan fingerprint density at radius 1 is 1.21 bits per heavy atom. The highest BCUT2D eigenvalue weighted by atomic mass is 19.1. The number of ether oxygens (including phenoxy) is 2. The molecule has 1 fully saturated rings. The highest BCUT2D eigenvalue weighted by Gasteiger charge is 2.37. The van der Waals surface area contributed by atoms with Crippen molar-refractivity contribution in [2.45, 2.75) is 96.1 Å². The van der Waals surface area contributed by atoms with Crippen LogP contribution in [0.5, 0.6) is 0 Å². The van der Waals surface area contributed by atoms with Crippen molar-refractivity contribution < 1.29 is 18.7 Å². The molecule has 1 aliphatic rings. The number of carbonyl (C=O) groups is 1. The van der Waals surface area contributed by atoms with Crippen LogP contribution in [0.2, 0.25) is 0 Å². The molecule has 10 nitrogen and oxygen atoms in total. The van der Waals surface area contributed by atoms with E-state index in [9.17, 15) is 18.8 Å². The molecular formula is C22H34FN5O5. The SMILES string of the molecule is Cc1cn([C@H]2C[C@H](F)[C@@H](COC(=O)CCCCCCCCCCCN=[N+]=[N-])O2)c(=O)[nH]c1=O. The number of aryl methyl sites for hydroxylation is 1. The van der Waals surface area contributed by atoms with Gasteiger partial charge in [0.15, 0.2) is 0 Å². The molecule has 0 spiro atoms. The molecule has 0 unspecified atom stereocenters. The Kier molecular flexibility index (Phi) is 11.7. The van der Waals surface area contributed by atoms with Gasteiger partial charge in [-0.15, -0.1) is 0 Å². The first-order chi connectivity index (χ1) is 15.9. The molecule has 3 atom stereocenters. The summed E-state index contributed by atoms with van der Waals surface area (Å²) in [5.41, 5.74) is 7.37. The van der Waals surface area contributed by atoms with Crippen molar-refractivity contribution in [3.63, 3.8) is 0 Å². The monoisotopic (exact) mass is 467 g/mol. The van der Waals surface area contributed by atoms with E-state index in [0.29, 0.717) is 12.1 Å². The van der Waals surface area contributed by atoms with Gasteiger partial charge in [0.05, 0.1) is 0 Å². The summed E-state index contributed by atoms with van der Waals surface area (Å²) in [5, 5.41) is 3.51. The van der Waals surface area contributed by atoms with Crippen molar-refractivity contribution in [2.24, 2.45) is 5.11 Å². The van der Waals surface area contributed by atoms with E-state index in [1.165, 1.54) is 6.20 Å². The van der Waals surface area contributed by atoms with Crippen molar-refractivity contribution in [2.75, 3.05) is 13.2 Å². The van der Waals surface area contributed by atoms with Gasteiger partial charge >= 0.3 is 11.7 Å². The van der Waals surface area contributed by atoms with Crippen LogP contribution in [-0.2, 0) is 14.3 Å². The lowest BCUT2D eigenvalue weighted by Gasteiger charge is -2.16. The lowest BCUT2D eigenvalue weighted by molar-refractivity contribution is -0.149. The van der Waals surface area contributed by atoms with Gasteiger partial charge < -0.3 is 9.47 Å². The number of unbranched alkanes of at least 4 members (excludes halogenated alkanes) is 8. The van der Waals surface area contributed by atoms with Gasteiger partial charge in [0, 0.05) is 36.1 Å². The maximum atomic E-state index is 14.3. The van der Waals surface area contributed by atoms with Crippen LogP contribution in [0.15, 0.2) is 20.9 Å². The van der Waals surface area contributed by atoms with Gasteiger partial charge in [0.2, 0.25) is 0 Å². The van der Waals surface area contributed by atoms with Crippen LogP contribution in [0, 0.1) is 6.92 Å². The lowest BCUT2D eigenvalue weighted by atomic mass is 10.1. The van der Waals surface area contributed by atoms with Crippen LogP contribution in [0.4, 0.5) is 4.39 Å². The predicted octanol–water partition coefficient (Wildman–Crippen LogP) is 4.23. The molecule has 1 saturated heterocycles. The molecule has 0 aliphatic carbocycles. The Labute approximate surface area is 192 Å². The molecule has 2 heterocycles. The maximum Gasteiger partial charge on any atom is 0.330 e. The van der Waals surface area contributed by atoms with E-state index in [1.807, 2.05) is 0 Å². The summed E-state index contributed by atoms with van der Waals surface area (Å²) in [4.78, 5) is 40.3. The Morgan fingerprint density at radius 3 is 2.52 bits per heavy atom. The fraction of sp³-hybridized carbons (Fsp3) is 0.773. The van der Waals surface area contributed by atoms with Crippen LogP contribution in [-0.4, -0.2) is 40.9 Å². The zero-order valence-corrected chi connectivity index (χ0v) is 19.2. The number of H-pyrrole nitrogens is 1. The van der Waals surface area contributed by atoms with Crippen LogP contribution in [0.25, 0.3) is 10.4 Å². The van der Waals surface area contributed by atoms with E-state index in [4.69, 9.17) is 15.0 Å². The van der Waals surface area contributed by atoms with E-state index in [-0.39, 0.29) is 25.4 Å². The van der Waals surface area contributed by atoms with E-state index in [1.54, 1.807) is 6.92 Å². The van der Waals surface area contributed by atoms with Gasteiger partial charge in [-0.3, -0.25) is 19.1 Å². The molecule has 0 aromatic carbocycles. The number of esters is 1. The third-order valence-corrected chi connectivity index (χ3v) is 5.73. The van der Waals surface area contributed by atoms with E-state index in [0.717, 1.165) is 62.4 Å². The third-order valence-electron chi connectivity index (χ3n) is 5.73. The second kappa shape index (κ2) is 14.5. The summed E-state index contributed by atoms with van der Waals surface area (Å²) >= 11 is 0. The molecule has 1 aliphatic heterocycles. The molecule has 0 amide bonds. The summed E-state index contributed by atoms with van der Waals surface area (Å²) in [6, 6.07) is 0. The van der Waals surface area contributed by atoms with Crippen LogP contribution in [0.1, 0.15) is 82.4 Å². The summed E-state index contributed by atoms with van der Waals surface area (Å²) < 4.78 is 26.2. The average molecular weight is 468 g/mol. The third kappa shape index (κ3) is 9.39. The quantitative estimate of drug-likeness (QED) is 0.135. The van der Waals surface area contributed by atoms with Gasteiger partial charge in [-0.1, -0.05) is 50.1 Å². The molecule has 1 aromatic rings. The van der Waals surface area contributed by atoms with E-state index >= 15 is 0 Å². The van der Waals surface area contributed by atoms with Crippen molar-refractivity contribution >= 4 is 5.97 Å². The lowest BCUT2D eigenvalue weighted by Crippen LogP contribution is -2.33. The topological polar surface area (TPSA) is 139 Å². The molecule has 0 bridgehead atoms. The number of halogens is 1. The molecule has 1 aromatic heterocycles. The Hall–Kier alpha value is -2.65. The van der Waals surface area contributed by atoms with Crippen LogP contribution >= 0.6 is 0 Å². The van der Waals surface area contributed by atoms with Gasteiger partial charge in [0.25, 0.3) is 5.56 Å². The molecule has 2 rings (SSSR count). The summed E-state index contributed by atoms with van der Waals surface area (Å²) in [6.07, 6.45) is 7.73. The first kappa shape index (κ1) is 26.6. The number of aromatic nitrogens is 2. The standard InChI is InChI=1S/C22H34FN5O5/c1-16-14-28(22(31)26-21(16)30)19-13-17(23)18(33-19)15-32-20(29)11-9-7-5-3-2-4-6-8-10-12-25-27-24/h14,17-19H,2-13,15H2,1H3,(H,26,30,31)/t17-,18+,19+/m0/s1. The Balaban J connectivity index is 1.55. The maximum absolute atomic E-state index is 14.3. The van der Waals surface area contributed by atoms with Crippen molar-refractivity contribution in [3.8, 4) is 0 Å². The average Bonchev–Trinajstić information content (AvgIpc) is 3.15. The van der Waals surface area contributed by atoms with Gasteiger partial charge in [0.1, 0.15) is 25.1 Å². The minimum absolute atomic E-state index is 0.0542. The molecule has 184 valence electrons. The minimum Gasteiger partial charge on any atom is -0.463 e. The van der Waals surface area contributed by atoms with Crippen LogP contribution in [0.3, 0.4) is 0 Å². The molecule has 0 saturated carbocycles. The highest BCUT2D eigenvalue weighted by molar-refractivity contribution is 5.69. The molecule has 0 radical (unpaired) electrons. The number of rotatable bonds is 15. The number of carbonyl (C=O) groups excluding carboxylic acids is 1. The van der Waals surface area contributed by atoms with Crippen molar-refractivity contribution in [3.05, 3.63) is 43.0 Å². The Morgan fingerprint density at radius 2 is 1.85 bits per heavy atom. The predicted molar refractivity (Wildman–Crippen MR) is 121 cm³/mol. The zero-order chi connectivity index (χ0) is 24.1. The van der Waals surface area contributed by atoms with Gasteiger partial charge in [-0.05, 0) is 25.3 Å². The fourth-order valence-electron chi connectivity index (χ4n) is 3.79. The molecule has 33 heavy (non-hydrogen) atoms. The largest absolute Gasteiger partial charge is 0.463 e. The number of nitrogens with one attached hydrogen (secondary N) is 1. The van der Waals surface area contributed by atoms with E-state index < -0.39 is 29.8 Å². The number of alkyl halides is 1. The zero-order valence-electron chi connectivity index (χ0n) is 19.2. The van der Waals surface area contributed by atoms with Crippen LogP contribution < -0.4 is 11.2 Å². The summed E-state index contributed by atoms with van der Waals surface area (Å²) in [6.45, 7) is 1.92. The van der Waals surface area contributed by atoms with Crippen molar-refractivity contribution in [1.29, 1.82) is 0 Å². The molecule has 11 heteroatoms. The van der Waals surface area contributed by atoms with Gasteiger partial charge in [-0.25, -0.2) is 9.18 Å². The first-order valence-corrected chi connectivity index (χ1v) is 11.7. The fourth-order valence-corrected chi connectivity index (χ4v) is 3.79. The smallest absolute Gasteiger partial charge is 0.330 e. The number of hydrogen-bond donors (Lipinski definition) is 1. The minimum atomic E-state index is -1.37. The second-order valence-electron chi connectivity index (χ2n) is 8.43. The summed E-state index contributed by atoms with van der Waals surface area (Å²) in [7, 11) is 0. The number of nitrogens with zero attached hydrogens (tertiary/aromatic N) is 4. The first-order valence-electron chi connectivity index (χ1n) is 11.7. The number of aromatic amines is 1. The highest BCUT2D eigenvalue weighted by Crippen LogP contribution is 2.30. The van der Waals surface area contributed by atoms with Gasteiger partial charge in [-0.2, -0.15) is 0 Å². The second-order valence-corrected chi connectivity index (χ2v) is 8.43.